The number of benzene rings is 2. The number of rotatable bonds is 3. The molecule has 2 aromatic carbocycles. The van der Waals surface area contributed by atoms with Gasteiger partial charge in [0.15, 0.2) is 0 Å². The molecular weight excluding hydrogens is 324 g/mol. The summed E-state index contributed by atoms with van der Waals surface area (Å²) in [7, 11) is 0. The van der Waals surface area contributed by atoms with Crippen molar-refractivity contribution < 1.29 is 4.74 Å². The van der Waals surface area contributed by atoms with E-state index < -0.39 is 0 Å². The molecule has 0 fully saturated rings. The van der Waals surface area contributed by atoms with Crippen molar-refractivity contribution in [1.29, 1.82) is 0 Å². The summed E-state index contributed by atoms with van der Waals surface area (Å²) in [5.74, 6) is 1.77. The molecule has 0 bridgehead atoms. The summed E-state index contributed by atoms with van der Waals surface area (Å²) in [6, 6.07) is 12.1. The molecule has 0 aliphatic heterocycles. The number of hydrogen-bond acceptors (Lipinski definition) is 1. The lowest BCUT2D eigenvalue weighted by Gasteiger charge is -2.11. The molecule has 19 heavy (non-hydrogen) atoms. The summed E-state index contributed by atoms with van der Waals surface area (Å²) in [6.07, 6.45) is 3.62. The van der Waals surface area contributed by atoms with E-state index in [2.05, 4.69) is 34.1 Å². The van der Waals surface area contributed by atoms with E-state index >= 15 is 0 Å². The summed E-state index contributed by atoms with van der Waals surface area (Å²) >= 11 is 9.47. The molecular formula is C16H14BrClO. The second-order valence-corrected chi connectivity index (χ2v) is 5.77. The minimum absolute atomic E-state index is 0.730. The Bertz CT molecular complexity index is 610. The molecule has 1 aliphatic carbocycles. The summed E-state index contributed by atoms with van der Waals surface area (Å²) in [5, 5.41) is 1.46. The predicted octanol–water partition coefficient (Wildman–Crippen LogP) is 5.52. The predicted molar refractivity (Wildman–Crippen MR) is 82.6 cm³/mol. The normalized spacial score (nSPS) is 13.4. The molecule has 0 radical (unpaired) electrons. The highest BCUT2D eigenvalue weighted by Crippen LogP contribution is 2.32. The Labute approximate surface area is 126 Å². The van der Waals surface area contributed by atoms with E-state index in [0.29, 0.717) is 0 Å². The lowest BCUT2D eigenvalue weighted by atomic mass is 10.1. The van der Waals surface area contributed by atoms with Crippen LogP contribution in [0.15, 0.2) is 36.4 Å². The molecule has 1 aliphatic rings. The quantitative estimate of drug-likeness (QED) is 0.670. The Morgan fingerprint density at radius 1 is 1.05 bits per heavy atom. The van der Waals surface area contributed by atoms with E-state index in [4.69, 9.17) is 16.3 Å². The maximum Gasteiger partial charge on any atom is 0.131 e. The van der Waals surface area contributed by atoms with Crippen LogP contribution in [0.2, 0.25) is 5.02 Å². The molecule has 0 saturated carbocycles. The van der Waals surface area contributed by atoms with Crippen LogP contribution in [0.4, 0.5) is 0 Å². The van der Waals surface area contributed by atoms with Crippen LogP contribution in [0.5, 0.6) is 11.5 Å². The van der Waals surface area contributed by atoms with Crippen molar-refractivity contribution in [2.75, 3.05) is 0 Å². The molecule has 0 unspecified atom stereocenters. The molecule has 0 spiro atoms. The largest absolute Gasteiger partial charge is 0.457 e. The molecule has 0 atom stereocenters. The van der Waals surface area contributed by atoms with Crippen molar-refractivity contribution in [2.24, 2.45) is 0 Å². The third-order valence-electron chi connectivity index (χ3n) is 3.46. The van der Waals surface area contributed by atoms with Gasteiger partial charge >= 0.3 is 0 Å². The molecule has 2 aromatic rings. The van der Waals surface area contributed by atoms with Gasteiger partial charge < -0.3 is 4.74 Å². The van der Waals surface area contributed by atoms with Crippen molar-refractivity contribution in [2.45, 2.75) is 24.6 Å². The average Bonchev–Trinajstić information content (AvgIpc) is 2.88. The number of aryl methyl sites for hydroxylation is 2. The monoisotopic (exact) mass is 336 g/mol. The summed E-state index contributed by atoms with van der Waals surface area (Å²) in [4.78, 5) is 0. The first-order chi connectivity index (χ1) is 9.26. The minimum atomic E-state index is 0.730. The molecule has 0 amide bonds. The maximum absolute atomic E-state index is 6.00. The highest BCUT2D eigenvalue weighted by molar-refractivity contribution is 9.08. The summed E-state index contributed by atoms with van der Waals surface area (Å²) in [5.41, 5.74) is 3.95. The summed E-state index contributed by atoms with van der Waals surface area (Å²) in [6.45, 7) is 0. The van der Waals surface area contributed by atoms with Gasteiger partial charge in [-0.25, -0.2) is 0 Å². The molecule has 0 aromatic heterocycles. The van der Waals surface area contributed by atoms with Crippen LogP contribution in [0.1, 0.15) is 23.1 Å². The standard InChI is InChI=1S/C16H14BrClO/c17-10-13-8-14(18)5-7-16(13)19-15-6-4-11-2-1-3-12(11)9-15/h4-9H,1-3,10H2. The van der Waals surface area contributed by atoms with E-state index in [9.17, 15) is 0 Å². The van der Waals surface area contributed by atoms with Crippen LogP contribution in [0, 0.1) is 0 Å². The van der Waals surface area contributed by atoms with Crippen molar-refractivity contribution in [3.8, 4) is 11.5 Å². The van der Waals surface area contributed by atoms with Gasteiger partial charge in [-0.3, -0.25) is 0 Å². The fourth-order valence-electron chi connectivity index (χ4n) is 2.49. The van der Waals surface area contributed by atoms with Crippen molar-refractivity contribution in [1.82, 2.24) is 0 Å². The smallest absolute Gasteiger partial charge is 0.131 e. The van der Waals surface area contributed by atoms with Gasteiger partial charge in [0.1, 0.15) is 11.5 Å². The fraction of sp³-hybridized carbons (Fsp3) is 0.250. The van der Waals surface area contributed by atoms with E-state index in [1.807, 2.05) is 18.2 Å². The zero-order chi connectivity index (χ0) is 13.2. The first-order valence-corrected chi connectivity index (χ1v) is 7.90. The van der Waals surface area contributed by atoms with Crippen LogP contribution in [0.25, 0.3) is 0 Å². The Balaban J connectivity index is 1.89. The first kappa shape index (κ1) is 13.0. The van der Waals surface area contributed by atoms with Crippen LogP contribution < -0.4 is 4.74 Å². The third kappa shape index (κ3) is 2.80. The third-order valence-corrected chi connectivity index (χ3v) is 4.30. The zero-order valence-electron chi connectivity index (χ0n) is 10.5. The number of hydrogen-bond donors (Lipinski definition) is 0. The van der Waals surface area contributed by atoms with Gasteiger partial charge in [0.2, 0.25) is 0 Å². The van der Waals surface area contributed by atoms with E-state index in [1.54, 1.807) is 0 Å². The molecule has 0 saturated heterocycles. The van der Waals surface area contributed by atoms with Gasteiger partial charge in [0.25, 0.3) is 0 Å². The fourth-order valence-corrected chi connectivity index (χ4v) is 3.12. The van der Waals surface area contributed by atoms with E-state index in [-0.39, 0.29) is 0 Å². The van der Waals surface area contributed by atoms with E-state index in [0.717, 1.165) is 27.4 Å². The van der Waals surface area contributed by atoms with Crippen LogP contribution in [-0.4, -0.2) is 0 Å². The van der Waals surface area contributed by atoms with Crippen LogP contribution >= 0.6 is 27.5 Å². The van der Waals surface area contributed by atoms with Gasteiger partial charge in [-0.15, -0.1) is 0 Å². The molecule has 3 heteroatoms. The number of ether oxygens (including phenoxy) is 1. The van der Waals surface area contributed by atoms with Gasteiger partial charge in [-0.2, -0.15) is 0 Å². The second kappa shape index (κ2) is 5.56. The van der Waals surface area contributed by atoms with E-state index in [1.165, 1.54) is 30.4 Å². The van der Waals surface area contributed by atoms with Gasteiger partial charge in [-0.1, -0.05) is 33.6 Å². The van der Waals surface area contributed by atoms with Crippen LogP contribution in [0.3, 0.4) is 0 Å². The van der Waals surface area contributed by atoms with Crippen molar-refractivity contribution >= 4 is 27.5 Å². The summed E-state index contributed by atoms with van der Waals surface area (Å²) < 4.78 is 5.99. The minimum Gasteiger partial charge on any atom is -0.457 e. The highest BCUT2D eigenvalue weighted by atomic mass is 79.9. The Morgan fingerprint density at radius 3 is 2.74 bits per heavy atom. The topological polar surface area (TPSA) is 9.23 Å². The number of alkyl halides is 1. The first-order valence-electron chi connectivity index (χ1n) is 6.40. The molecule has 1 nitrogen and oxygen atoms in total. The Morgan fingerprint density at radius 2 is 1.89 bits per heavy atom. The maximum atomic E-state index is 6.00. The molecule has 3 rings (SSSR count). The molecule has 0 N–H and O–H groups in total. The Kier molecular flexibility index (Phi) is 3.81. The second-order valence-electron chi connectivity index (χ2n) is 4.77. The van der Waals surface area contributed by atoms with Crippen molar-refractivity contribution in [3.63, 3.8) is 0 Å². The lowest BCUT2D eigenvalue weighted by Crippen LogP contribution is -1.91. The number of fused-ring (bicyclic) bond motifs is 1. The highest BCUT2D eigenvalue weighted by Gasteiger charge is 2.12. The molecule has 0 heterocycles. The SMILES string of the molecule is Clc1ccc(Oc2ccc3c(c2)CCC3)c(CBr)c1. The van der Waals surface area contributed by atoms with Gasteiger partial charge in [-0.05, 0) is 60.7 Å². The van der Waals surface area contributed by atoms with Gasteiger partial charge in [0.05, 0.1) is 0 Å². The molecule has 98 valence electrons. The Hall–Kier alpha value is -0.990. The number of halogens is 2. The van der Waals surface area contributed by atoms with Crippen molar-refractivity contribution in [3.05, 3.63) is 58.1 Å². The van der Waals surface area contributed by atoms with Gasteiger partial charge in [0, 0.05) is 15.9 Å². The zero-order valence-corrected chi connectivity index (χ0v) is 12.8. The lowest BCUT2D eigenvalue weighted by molar-refractivity contribution is 0.478. The van der Waals surface area contributed by atoms with Crippen LogP contribution in [-0.2, 0) is 18.2 Å². The average molecular weight is 338 g/mol.